The molecule has 7 heteroatoms. The molecule has 0 atom stereocenters. The van der Waals surface area contributed by atoms with Crippen molar-refractivity contribution in [3.05, 3.63) is 65.2 Å². The predicted molar refractivity (Wildman–Crippen MR) is 109 cm³/mol. The number of aromatic hydroxyl groups is 1. The van der Waals surface area contributed by atoms with Gasteiger partial charge in [-0.15, -0.1) is 12.4 Å². The molecule has 0 spiro atoms. The minimum atomic E-state index is -0.456. The molecule has 0 aromatic heterocycles. The van der Waals surface area contributed by atoms with E-state index < -0.39 is 5.91 Å². The molecule has 0 radical (unpaired) electrons. The summed E-state index contributed by atoms with van der Waals surface area (Å²) in [6.45, 7) is 0.300. The molecule has 142 valence electrons. The first kappa shape index (κ1) is 20.8. The Kier molecular flexibility index (Phi) is 7.30. The normalized spacial score (nSPS) is 10.3. The zero-order valence-electron chi connectivity index (χ0n) is 14.3. The highest BCUT2D eigenvalue weighted by molar-refractivity contribution is 6.30. The zero-order chi connectivity index (χ0) is 18.5. The Morgan fingerprint density at radius 3 is 2.48 bits per heavy atom. The van der Waals surface area contributed by atoms with Crippen LogP contribution in [0.25, 0.3) is 10.8 Å². The molecule has 0 unspecified atom stereocenters. The topological polar surface area (TPSA) is 78.8 Å². The number of fused-ring (bicyclic) bond motifs is 1. The summed E-state index contributed by atoms with van der Waals surface area (Å²) in [4.78, 5) is 12.6. The van der Waals surface area contributed by atoms with Crippen LogP contribution in [0.5, 0.6) is 11.5 Å². The van der Waals surface area contributed by atoms with Crippen LogP contribution >= 0.6 is 24.0 Å². The third kappa shape index (κ3) is 5.04. The van der Waals surface area contributed by atoms with Crippen molar-refractivity contribution in [1.29, 1.82) is 0 Å². The first-order chi connectivity index (χ1) is 12.6. The van der Waals surface area contributed by atoms with Crippen molar-refractivity contribution in [3.63, 3.8) is 0 Å². The van der Waals surface area contributed by atoms with Crippen molar-refractivity contribution < 1.29 is 19.7 Å². The van der Waals surface area contributed by atoms with Crippen LogP contribution in [0.15, 0.2) is 54.6 Å². The number of rotatable bonds is 6. The fourth-order valence-corrected chi connectivity index (χ4v) is 2.73. The van der Waals surface area contributed by atoms with Gasteiger partial charge >= 0.3 is 0 Å². The molecule has 0 heterocycles. The highest BCUT2D eigenvalue weighted by atomic mass is 35.5. The van der Waals surface area contributed by atoms with Crippen molar-refractivity contribution in [2.45, 2.75) is 6.42 Å². The lowest BCUT2D eigenvalue weighted by atomic mass is 10.1. The first-order valence-electron chi connectivity index (χ1n) is 8.15. The van der Waals surface area contributed by atoms with E-state index in [1.165, 1.54) is 0 Å². The number of benzene rings is 3. The molecule has 0 saturated carbocycles. The van der Waals surface area contributed by atoms with Crippen molar-refractivity contribution in [3.8, 4) is 11.5 Å². The molecule has 0 bridgehead atoms. The Bertz CT molecular complexity index is 946. The lowest BCUT2D eigenvalue weighted by molar-refractivity contribution is 0.102. The zero-order valence-corrected chi connectivity index (χ0v) is 15.9. The van der Waals surface area contributed by atoms with E-state index in [0.29, 0.717) is 29.5 Å². The van der Waals surface area contributed by atoms with Crippen LogP contribution in [0, 0.1) is 0 Å². The molecular weight excluding hydrogens is 389 g/mol. The van der Waals surface area contributed by atoms with E-state index in [1.54, 1.807) is 30.3 Å². The molecule has 0 aliphatic rings. The number of amides is 1. The molecule has 3 N–H and O–H groups in total. The lowest BCUT2D eigenvalue weighted by Gasteiger charge is -2.13. The van der Waals surface area contributed by atoms with Crippen LogP contribution in [-0.2, 0) is 0 Å². The van der Waals surface area contributed by atoms with Gasteiger partial charge in [-0.2, -0.15) is 0 Å². The summed E-state index contributed by atoms with van der Waals surface area (Å²) in [6, 6.07) is 15.5. The number of hydrogen-bond acceptors (Lipinski definition) is 4. The molecule has 0 aliphatic carbocycles. The van der Waals surface area contributed by atoms with Crippen LogP contribution in [0.2, 0.25) is 5.02 Å². The minimum Gasteiger partial charge on any atom is -0.507 e. The van der Waals surface area contributed by atoms with Gasteiger partial charge in [-0.3, -0.25) is 4.79 Å². The molecule has 3 rings (SSSR count). The van der Waals surface area contributed by atoms with Crippen LogP contribution in [0.3, 0.4) is 0 Å². The molecule has 0 saturated heterocycles. The van der Waals surface area contributed by atoms with Gasteiger partial charge in [-0.1, -0.05) is 35.9 Å². The first-order valence-corrected chi connectivity index (χ1v) is 8.52. The number of aliphatic hydroxyl groups excluding tert-OH is 1. The summed E-state index contributed by atoms with van der Waals surface area (Å²) in [6.07, 6.45) is 0.464. The SMILES string of the molecule is Cl.O=C(Nc1ccc(Cl)cc1OCCCO)c1cc2ccccc2cc1O. The van der Waals surface area contributed by atoms with Crippen LogP contribution < -0.4 is 10.1 Å². The van der Waals surface area contributed by atoms with E-state index in [-0.39, 0.29) is 30.3 Å². The average Bonchev–Trinajstić information content (AvgIpc) is 2.63. The summed E-state index contributed by atoms with van der Waals surface area (Å²) in [5, 5.41) is 24.0. The Morgan fingerprint density at radius 2 is 1.78 bits per heavy atom. The molecule has 0 fully saturated rings. The number of carbonyl (C=O) groups excluding carboxylic acids is 1. The van der Waals surface area contributed by atoms with Crippen molar-refractivity contribution >= 4 is 46.4 Å². The minimum absolute atomic E-state index is 0. The molecule has 27 heavy (non-hydrogen) atoms. The second-order valence-electron chi connectivity index (χ2n) is 5.74. The van der Waals surface area contributed by atoms with Gasteiger partial charge in [0.05, 0.1) is 17.9 Å². The fourth-order valence-electron chi connectivity index (χ4n) is 2.57. The van der Waals surface area contributed by atoms with Crippen molar-refractivity contribution in [2.75, 3.05) is 18.5 Å². The number of ether oxygens (including phenoxy) is 1. The summed E-state index contributed by atoms with van der Waals surface area (Å²) in [5.41, 5.74) is 0.602. The number of carbonyl (C=O) groups is 1. The van der Waals surface area contributed by atoms with Gasteiger partial charge in [0, 0.05) is 24.1 Å². The van der Waals surface area contributed by atoms with E-state index in [2.05, 4.69) is 5.32 Å². The third-order valence-corrected chi connectivity index (χ3v) is 4.10. The number of anilines is 1. The summed E-state index contributed by atoms with van der Waals surface area (Å²) in [5.74, 6) is -0.153. The lowest BCUT2D eigenvalue weighted by Crippen LogP contribution is -2.13. The van der Waals surface area contributed by atoms with Gasteiger partial charge in [-0.05, 0) is 35.0 Å². The average molecular weight is 408 g/mol. The molecule has 1 amide bonds. The van der Waals surface area contributed by atoms with Crippen LogP contribution in [-0.4, -0.2) is 29.3 Å². The number of hydrogen-bond donors (Lipinski definition) is 3. The number of nitrogens with one attached hydrogen (secondary N) is 1. The maximum absolute atomic E-state index is 12.6. The van der Waals surface area contributed by atoms with E-state index in [0.717, 1.165) is 10.8 Å². The van der Waals surface area contributed by atoms with E-state index in [1.807, 2.05) is 24.3 Å². The standard InChI is InChI=1S/C20H18ClNO4.ClH/c21-15-6-7-17(19(12-15)26-9-3-8-23)22-20(25)16-10-13-4-1-2-5-14(13)11-18(16)24;/h1-2,4-7,10-12,23-24H,3,8-9H2,(H,22,25);1H. The Labute approximate surface area is 167 Å². The second kappa shape index (κ2) is 9.46. The van der Waals surface area contributed by atoms with Crippen molar-refractivity contribution in [1.82, 2.24) is 0 Å². The van der Waals surface area contributed by atoms with E-state index >= 15 is 0 Å². The maximum Gasteiger partial charge on any atom is 0.259 e. The van der Waals surface area contributed by atoms with Crippen LogP contribution in [0.4, 0.5) is 5.69 Å². The fraction of sp³-hybridized carbons (Fsp3) is 0.150. The molecule has 3 aromatic rings. The number of phenolic OH excluding ortho intramolecular Hbond substituents is 1. The Balaban J connectivity index is 0.00000261. The summed E-state index contributed by atoms with van der Waals surface area (Å²) in [7, 11) is 0. The second-order valence-corrected chi connectivity index (χ2v) is 6.17. The third-order valence-electron chi connectivity index (χ3n) is 3.86. The predicted octanol–water partition coefficient (Wildman–Crippen LogP) is 4.63. The number of aliphatic hydroxyl groups is 1. The van der Waals surface area contributed by atoms with Gasteiger partial charge in [0.1, 0.15) is 11.5 Å². The summed E-state index contributed by atoms with van der Waals surface area (Å²) < 4.78 is 5.57. The highest BCUT2D eigenvalue weighted by Crippen LogP contribution is 2.30. The van der Waals surface area contributed by atoms with Gasteiger partial charge in [-0.25, -0.2) is 0 Å². The molecule has 0 aliphatic heterocycles. The molecule has 3 aromatic carbocycles. The Morgan fingerprint density at radius 1 is 1.07 bits per heavy atom. The molecule has 5 nitrogen and oxygen atoms in total. The van der Waals surface area contributed by atoms with E-state index in [4.69, 9.17) is 21.4 Å². The van der Waals surface area contributed by atoms with Crippen LogP contribution in [0.1, 0.15) is 16.8 Å². The number of phenols is 1. The largest absolute Gasteiger partial charge is 0.507 e. The highest BCUT2D eigenvalue weighted by Gasteiger charge is 2.15. The van der Waals surface area contributed by atoms with Gasteiger partial charge < -0.3 is 20.3 Å². The smallest absolute Gasteiger partial charge is 0.259 e. The Hall–Kier alpha value is -2.47. The van der Waals surface area contributed by atoms with Crippen molar-refractivity contribution in [2.24, 2.45) is 0 Å². The quantitative estimate of drug-likeness (QED) is 0.520. The monoisotopic (exact) mass is 407 g/mol. The summed E-state index contributed by atoms with van der Waals surface area (Å²) >= 11 is 5.99. The van der Waals surface area contributed by atoms with Gasteiger partial charge in [0.25, 0.3) is 5.91 Å². The van der Waals surface area contributed by atoms with Gasteiger partial charge in [0.2, 0.25) is 0 Å². The van der Waals surface area contributed by atoms with Gasteiger partial charge in [0.15, 0.2) is 0 Å². The maximum atomic E-state index is 12.6. The molecular formula is C20H19Cl2NO4. The van der Waals surface area contributed by atoms with E-state index in [9.17, 15) is 9.90 Å². The number of halogens is 2.